The van der Waals surface area contributed by atoms with Gasteiger partial charge in [0, 0.05) is 42.3 Å². The maximum Gasteiger partial charge on any atom is 3.00 e. The van der Waals surface area contributed by atoms with Gasteiger partial charge in [0.25, 0.3) is 0 Å². The van der Waals surface area contributed by atoms with Crippen molar-refractivity contribution in [2.45, 2.75) is 0 Å². The summed E-state index contributed by atoms with van der Waals surface area (Å²) in [5, 5.41) is 0. The molecular weight excluding hydrogens is 457 g/mol. The summed E-state index contributed by atoms with van der Waals surface area (Å²) in [5.74, 6) is 0. The molecular formula is C9H18InN3S6. The van der Waals surface area contributed by atoms with Gasteiger partial charge in [-0.05, 0) is 0 Å². The Balaban J connectivity index is -0.0000000865. The van der Waals surface area contributed by atoms with Crippen LogP contribution in [-0.2, 0) is 37.9 Å². The second-order valence-electron chi connectivity index (χ2n) is 3.48. The number of nitrogens with zero attached hydrogens (tertiary/aromatic N) is 3. The summed E-state index contributed by atoms with van der Waals surface area (Å²) in [7, 11) is 11.0. The van der Waals surface area contributed by atoms with Crippen molar-refractivity contribution in [3.05, 3.63) is 0 Å². The topological polar surface area (TPSA) is 9.72 Å². The molecule has 0 bridgehead atoms. The third-order valence-electron chi connectivity index (χ3n) is 1.10. The molecule has 0 atom stereocenters. The minimum atomic E-state index is 0. The summed E-state index contributed by atoms with van der Waals surface area (Å²) in [4.78, 5) is 5.14. The molecule has 19 heavy (non-hydrogen) atoms. The fraction of sp³-hybridized carbons (Fsp3) is 0.667. The minimum absolute atomic E-state index is 0. The second-order valence-corrected chi connectivity index (χ2v) is 6.58. The van der Waals surface area contributed by atoms with Crippen LogP contribution in [0.3, 0.4) is 0 Å². The van der Waals surface area contributed by atoms with E-state index < -0.39 is 0 Å². The van der Waals surface area contributed by atoms with E-state index in [0.717, 1.165) is 0 Å². The van der Waals surface area contributed by atoms with Crippen LogP contribution in [0.25, 0.3) is 0 Å². The molecule has 108 valence electrons. The number of rotatable bonds is 0. The largest absolute Gasteiger partial charge is 3.00 e. The van der Waals surface area contributed by atoms with Gasteiger partial charge in [0.1, 0.15) is 0 Å². The van der Waals surface area contributed by atoms with Gasteiger partial charge in [-0.3, -0.25) is 0 Å². The molecule has 10 heteroatoms. The van der Waals surface area contributed by atoms with E-state index in [4.69, 9.17) is 0 Å². The summed E-state index contributed by atoms with van der Waals surface area (Å²) in [6, 6.07) is 0. The molecule has 0 unspecified atom stereocenters. The van der Waals surface area contributed by atoms with E-state index in [2.05, 4.69) is 74.5 Å². The summed E-state index contributed by atoms with van der Waals surface area (Å²) in [5.41, 5.74) is 0. The minimum Gasteiger partial charge on any atom is -0.411 e. The first-order valence-electron chi connectivity index (χ1n) is 4.58. The van der Waals surface area contributed by atoms with Crippen molar-refractivity contribution in [1.82, 2.24) is 14.7 Å². The molecule has 0 spiro atoms. The normalized spacial score (nSPS) is 7.26. The van der Waals surface area contributed by atoms with Crippen LogP contribution >= 0.6 is 36.7 Å². The number of thiocarbonyl (C=S) groups is 3. The van der Waals surface area contributed by atoms with Crippen molar-refractivity contribution in [1.29, 1.82) is 0 Å². The van der Waals surface area contributed by atoms with Crippen LogP contribution in [0.1, 0.15) is 0 Å². The van der Waals surface area contributed by atoms with Gasteiger partial charge in [-0.15, -0.1) is 0 Å². The first-order chi connectivity index (χ1) is 7.93. The fourth-order valence-electron chi connectivity index (χ4n) is 0. The zero-order valence-corrected chi connectivity index (χ0v) is 20.1. The van der Waals surface area contributed by atoms with Crippen LogP contribution in [0.5, 0.6) is 0 Å². The SMILES string of the molecule is CN(C)C(=S)[S-].CN(C)C(=S)[S-].CN(C)C(=S)[S-].[In+3]. The van der Waals surface area contributed by atoms with Crippen molar-refractivity contribution in [2.24, 2.45) is 0 Å². The van der Waals surface area contributed by atoms with E-state index in [9.17, 15) is 0 Å². The fourth-order valence-corrected chi connectivity index (χ4v) is 0. The molecule has 0 aromatic carbocycles. The third kappa shape index (κ3) is 32.6. The molecule has 0 aromatic heterocycles. The Hall–Kier alpha value is 1.20. The molecule has 0 aliphatic rings. The number of hydrogen-bond donors (Lipinski definition) is 0. The molecule has 0 aromatic rings. The quantitative estimate of drug-likeness (QED) is 0.368. The molecule has 0 N–H and O–H groups in total. The molecule has 0 saturated heterocycles. The van der Waals surface area contributed by atoms with E-state index in [1.807, 2.05) is 42.3 Å². The maximum absolute atomic E-state index is 4.56. The van der Waals surface area contributed by atoms with E-state index in [1.54, 1.807) is 14.7 Å². The van der Waals surface area contributed by atoms with E-state index in [0.29, 0.717) is 13.0 Å². The summed E-state index contributed by atoms with van der Waals surface area (Å²) < 4.78 is 1.53. The van der Waals surface area contributed by atoms with Gasteiger partial charge in [0.15, 0.2) is 0 Å². The Morgan fingerprint density at radius 3 is 0.632 bits per heavy atom. The average molecular weight is 475 g/mol. The molecule has 0 aliphatic heterocycles. The molecule has 0 aliphatic carbocycles. The van der Waals surface area contributed by atoms with Gasteiger partial charge < -0.3 is 89.2 Å². The van der Waals surface area contributed by atoms with Crippen molar-refractivity contribution in [3.8, 4) is 0 Å². The summed E-state index contributed by atoms with van der Waals surface area (Å²) in [6.07, 6.45) is 0. The molecule has 3 nitrogen and oxygen atoms in total. The van der Waals surface area contributed by atoms with E-state index in [1.165, 1.54) is 0 Å². The summed E-state index contributed by atoms with van der Waals surface area (Å²) in [6.45, 7) is 0. The van der Waals surface area contributed by atoms with Gasteiger partial charge in [0.05, 0.1) is 0 Å². The first-order valence-corrected chi connectivity index (χ1v) is 7.03. The van der Waals surface area contributed by atoms with Crippen LogP contribution in [0, 0.1) is 0 Å². The molecule has 0 fully saturated rings. The van der Waals surface area contributed by atoms with Gasteiger partial charge >= 0.3 is 25.8 Å². The average Bonchev–Trinajstić information content (AvgIpc) is 2.18. The van der Waals surface area contributed by atoms with Crippen molar-refractivity contribution < 1.29 is 0 Å². The van der Waals surface area contributed by atoms with Gasteiger partial charge in [-0.2, -0.15) is 0 Å². The standard InChI is InChI=1S/3C3H7NS2.In/c3*1-4(2)3(5)6;/h3*1-2H3,(H,5,6);/q;;;+3/p-3. The molecule has 0 heterocycles. The predicted molar refractivity (Wildman–Crippen MR) is 107 cm³/mol. The maximum atomic E-state index is 4.56. The Kier molecular flexibility index (Phi) is 25.8. The smallest absolute Gasteiger partial charge is 0.411 e. The van der Waals surface area contributed by atoms with E-state index >= 15 is 0 Å². The summed E-state index contributed by atoms with van der Waals surface area (Å²) >= 11 is 27.4. The second kappa shape index (κ2) is 17.3. The van der Waals surface area contributed by atoms with Gasteiger partial charge in [-0.1, -0.05) is 13.0 Å². The first kappa shape index (κ1) is 28.4. The van der Waals surface area contributed by atoms with E-state index in [-0.39, 0.29) is 25.8 Å². The van der Waals surface area contributed by atoms with Crippen molar-refractivity contribution >= 4 is 113 Å². The molecule has 0 radical (unpaired) electrons. The number of hydrogen-bond acceptors (Lipinski definition) is 6. The van der Waals surface area contributed by atoms with Gasteiger partial charge in [-0.25, -0.2) is 0 Å². The molecule has 0 amide bonds. The van der Waals surface area contributed by atoms with Crippen molar-refractivity contribution in [2.75, 3.05) is 42.3 Å². The van der Waals surface area contributed by atoms with Crippen LogP contribution in [0.4, 0.5) is 0 Å². The Bertz CT molecular complexity index is 228. The van der Waals surface area contributed by atoms with Crippen LogP contribution in [0.2, 0.25) is 0 Å². The predicted octanol–water partition coefficient (Wildman–Crippen LogP) is 0.759. The Morgan fingerprint density at radius 2 is 0.632 bits per heavy atom. The third-order valence-corrected chi connectivity index (χ3v) is 3.29. The Morgan fingerprint density at radius 1 is 0.579 bits per heavy atom. The zero-order chi connectivity index (χ0) is 15.5. The monoisotopic (exact) mass is 475 g/mol. The van der Waals surface area contributed by atoms with Crippen LogP contribution in [-0.4, -0.2) is 95.8 Å². The van der Waals surface area contributed by atoms with Crippen LogP contribution in [0.15, 0.2) is 0 Å². The zero-order valence-electron chi connectivity index (χ0n) is 11.9. The molecule has 0 saturated carbocycles. The van der Waals surface area contributed by atoms with Crippen molar-refractivity contribution in [3.63, 3.8) is 0 Å². The van der Waals surface area contributed by atoms with Gasteiger partial charge in [0.2, 0.25) is 0 Å². The van der Waals surface area contributed by atoms with Crippen LogP contribution < -0.4 is 0 Å². The molecule has 0 rings (SSSR count). The Labute approximate surface area is 168 Å².